The molecule has 1 aromatic carbocycles. The Kier molecular flexibility index (Phi) is 3.59. The number of benzene rings is 1. The molecule has 1 heterocycles. The van der Waals surface area contributed by atoms with Crippen LogP contribution in [0.25, 0.3) is 11.3 Å². The first kappa shape index (κ1) is 12.9. The Bertz CT molecular complexity index is 578. The van der Waals surface area contributed by atoms with Crippen LogP contribution < -0.4 is 10.5 Å². The van der Waals surface area contributed by atoms with Gasteiger partial charge >= 0.3 is 0 Å². The van der Waals surface area contributed by atoms with Gasteiger partial charge in [0.25, 0.3) is 0 Å². The van der Waals surface area contributed by atoms with Crippen molar-refractivity contribution < 1.29 is 4.74 Å². The van der Waals surface area contributed by atoms with Crippen LogP contribution in [0.5, 0.6) is 5.75 Å². The van der Waals surface area contributed by atoms with Gasteiger partial charge in [0.05, 0.1) is 18.5 Å². The zero-order valence-corrected chi connectivity index (χ0v) is 11.5. The minimum atomic E-state index is 0.450. The lowest BCUT2D eigenvalue weighted by molar-refractivity contribution is 0.416. The van der Waals surface area contributed by atoms with Crippen LogP contribution in [0.4, 0.5) is 0 Å². The van der Waals surface area contributed by atoms with E-state index in [4.69, 9.17) is 22.1 Å². The molecular formula is C13H16ClN3O. The topological polar surface area (TPSA) is 53.1 Å². The first-order chi connectivity index (χ1) is 8.56. The molecule has 2 aromatic rings. The standard InChI is InChI=1S/C13H16ClN3O/c1-8-4-13(18-3)10(6-11(8)14)12-5-9(7-15)17(2)16-12/h4-6H,7,15H2,1-3H3. The molecule has 2 N–H and O–H groups in total. The maximum absolute atomic E-state index is 6.16. The molecule has 96 valence electrons. The van der Waals surface area contributed by atoms with Crippen molar-refractivity contribution in [2.24, 2.45) is 12.8 Å². The summed E-state index contributed by atoms with van der Waals surface area (Å²) in [5.41, 5.74) is 9.28. The predicted molar refractivity (Wildman–Crippen MR) is 72.8 cm³/mol. The van der Waals surface area contributed by atoms with Crippen molar-refractivity contribution in [1.29, 1.82) is 0 Å². The van der Waals surface area contributed by atoms with E-state index < -0.39 is 0 Å². The highest BCUT2D eigenvalue weighted by atomic mass is 35.5. The molecule has 0 unspecified atom stereocenters. The third-order valence-corrected chi connectivity index (χ3v) is 3.35. The highest BCUT2D eigenvalue weighted by Gasteiger charge is 2.13. The monoisotopic (exact) mass is 265 g/mol. The summed E-state index contributed by atoms with van der Waals surface area (Å²) in [7, 11) is 3.51. The molecule has 0 fully saturated rings. The van der Waals surface area contributed by atoms with Crippen LogP contribution >= 0.6 is 11.6 Å². The molecule has 1 aromatic heterocycles. The number of hydrogen-bond donors (Lipinski definition) is 1. The van der Waals surface area contributed by atoms with E-state index in [2.05, 4.69) is 5.10 Å². The Morgan fingerprint density at radius 1 is 1.39 bits per heavy atom. The minimum Gasteiger partial charge on any atom is -0.496 e. The highest BCUT2D eigenvalue weighted by molar-refractivity contribution is 6.31. The Morgan fingerprint density at radius 3 is 2.67 bits per heavy atom. The summed E-state index contributed by atoms with van der Waals surface area (Å²) in [6.07, 6.45) is 0. The summed E-state index contributed by atoms with van der Waals surface area (Å²) in [6, 6.07) is 5.73. The molecule has 0 bridgehead atoms. The van der Waals surface area contributed by atoms with Crippen LogP contribution in [0, 0.1) is 6.92 Å². The Hall–Kier alpha value is -1.52. The van der Waals surface area contributed by atoms with Crippen molar-refractivity contribution in [3.05, 3.63) is 34.5 Å². The van der Waals surface area contributed by atoms with E-state index in [9.17, 15) is 0 Å². The molecule has 0 amide bonds. The van der Waals surface area contributed by atoms with E-state index in [0.29, 0.717) is 11.6 Å². The fourth-order valence-electron chi connectivity index (χ4n) is 1.85. The molecule has 18 heavy (non-hydrogen) atoms. The van der Waals surface area contributed by atoms with Crippen molar-refractivity contribution >= 4 is 11.6 Å². The van der Waals surface area contributed by atoms with E-state index >= 15 is 0 Å². The van der Waals surface area contributed by atoms with Crippen LogP contribution in [0.15, 0.2) is 18.2 Å². The van der Waals surface area contributed by atoms with Crippen LogP contribution in [0.3, 0.4) is 0 Å². The maximum Gasteiger partial charge on any atom is 0.128 e. The second kappa shape index (κ2) is 5.00. The van der Waals surface area contributed by atoms with E-state index in [1.165, 1.54) is 0 Å². The van der Waals surface area contributed by atoms with Gasteiger partial charge in [0.1, 0.15) is 5.75 Å². The van der Waals surface area contributed by atoms with Gasteiger partial charge in [0.15, 0.2) is 0 Å². The lowest BCUT2D eigenvalue weighted by Gasteiger charge is -2.08. The van der Waals surface area contributed by atoms with Crippen molar-refractivity contribution in [3.63, 3.8) is 0 Å². The minimum absolute atomic E-state index is 0.450. The van der Waals surface area contributed by atoms with Crippen molar-refractivity contribution in [2.75, 3.05) is 7.11 Å². The molecule has 0 aliphatic carbocycles. The van der Waals surface area contributed by atoms with Crippen LogP contribution in [0.2, 0.25) is 5.02 Å². The third kappa shape index (κ3) is 2.21. The molecule has 0 radical (unpaired) electrons. The number of aryl methyl sites for hydroxylation is 2. The second-order valence-electron chi connectivity index (χ2n) is 4.15. The molecule has 0 atom stereocenters. The molecule has 5 heteroatoms. The van der Waals surface area contributed by atoms with Gasteiger partial charge in [-0.3, -0.25) is 4.68 Å². The van der Waals surface area contributed by atoms with Gasteiger partial charge in [-0.15, -0.1) is 0 Å². The Balaban J connectivity index is 2.58. The van der Waals surface area contributed by atoms with Gasteiger partial charge in [-0.25, -0.2) is 0 Å². The summed E-state index contributed by atoms with van der Waals surface area (Å²) < 4.78 is 7.15. The molecule has 0 spiro atoms. The van der Waals surface area contributed by atoms with Gasteiger partial charge in [-0.05, 0) is 30.7 Å². The zero-order chi connectivity index (χ0) is 13.3. The summed E-state index contributed by atoms with van der Waals surface area (Å²) >= 11 is 6.16. The number of rotatable bonds is 3. The molecule has 0 aliphatic heterocycles. The number of nitrogens with two attached hydrogens (primary N) is 1. The zero-order valence-electron chi connectivity index (χ0n) is 10.7. The lowest BCUT2D eigenvalue weighted by atomic mass is 10.1. The smallest absolute Gasteiger partial charge is 0.128 e. The number of hydrogen-bond acceptors (Lipinski definition) is 3. The fraction of sp³-hybridized carbons (Fsp3) is 0.308. The maximum atomic E-state index is 6.16. The van der Waals surface area contributed by atoms with Crippen molar-refractivity contribution in [3.8, 4) is 17.0 Å². The van der Waals surface area contributed by atoms with Crippen LogP contribution in [-0.2, 0) is 13.6 Å². The third-order valence-electron chi connectivity index (χ3n) is 2.94. The van der Waals surface area contributed by atoms with E-state index in [1.54, 1.807) is 11.8 Å². The molecular weight excluding hydrogens is 250 g/mol. The normalized spacial score (nSPS) is 10.7. The quantitative estimate of drug-likeness (QED) is 0.928. The summed E-state index contributed by atoms with van der Waals surface area (Å²) in [5, 5.41) is 5.13. The molecule has 0 saturated heterocycles. The van der Waals surface area contributed by atoms with Gasteiger partial charge < -0.3 is 10.5 Å². The Morgan fingerprint density at radius 2 is 2.11 bits per heavy atom. The average molecular weight is 266 g/mol. The largest absolute Gasteiger partial charge is 0.496 e. The highest BCUT2D eigenvalue weighted by Crippen LogP contribution is 2.34. The van der Waals surface area contributed by atoms with Gasteiger partial charge in [-0.2, -0.15) is 5.10 Å². The van der Waals surface area contributed by atoms with Crippen LogP contribution in [0.1, 0.15) is 11.3 Å². The number of aromatic nitrogens is 2. The molecule has 4 nitrogen and oxygen atoms in total. The Labute approximate surface area is 111 Å². The predicted octanol–water partition coefficient (Wildman–Crippen LogP) is 2.52. The molecule has 0 saturated carbocycles. The molecule has 2 rings (SSSR count). The number of nitrogens with zero attached hydrogens (tertiary/aromatic N) is 2. The van der Waals surface area contributed by atoms with E-state index in [1.807, 2.05) is 32.2 Å². The summed E-state index contributed by atoms with van der Waals surface area (Å²) in [4.78, 5) is 0. The van der Waals surface area contributed by atoms with Crippen molar-refractivity contribution in [2.45, 2.75) is 13.5 Å². The molecule has 0 aliphatic rings. The second-order valence-corrected chi connectivity index (χ2v) is 4.56. The average Bonchev–Trinajstić information content (AvgIpc) is 2.73. The van der Waals surface area contributed by atoms with E-state index in [0.717, 1.165) is 28.3 Å². The van der Waals surface area contributed by atoms with Crippen molar-refractivity contribution in [1.82, 2.24) is 9.78 Å². The van der Waals surface area contributed by atoms with Crippen LogP contribution in [-0.4, -0.2) is 16.9 Å². The summed E-state index contributed by atoms with van der Waals surface area (Å²) in [6.45, 7) is 2.39. The van der Waals surface area contributed by atoms with Gasteiger partial charge in [0.2, 0.25) is 0 Å². The number of methoxy groups -OCH3 is 1. The van der Waals surface area contributed by atoms with Gasteiger partial charge in [0, 0.05) is 24.2 Å². The fourth-order valence-corrected chi connectivity index (χ4v) is 2.02. The first-order valence-corrected chi connectivity index (χ1v) is 6.02. The number of ether oxygens (including phenoxy) is 1. The summed E-state index contributed by atoms with van der Waals surface area (Å²) in [5.74, 6) is 0.763. The lowest BCUT2D eigenvalue weighted by Crippen LogP contribution is -2.03. The SMILES string of the molecule is COc1cc(C)c(Cl)cc1-c1cc(CN)n(C)n1. The first-order valence-electron chi connectivity index (χ1n) is 5.64. The van der Waals surface area contributed by atoms with Gasteiger partial charge in [-0.1, -0.05) is 11.6 Å². The number of halogens is 1. The van der Waals surface area contributed by atoms with E-state index in [-0.39, 0.29) is 0 Å².